The lowest BCUT2D eigenvalue weighted by Gasteiger charge is -2.11. The molecule has 2 heterocycles. The molecule has 1 aromatic carbocycles. The normalized spacial score (nSPS) is 11.5. The van der Waals surface area contributed by atoms with Crippen molar-refractivity contribution in [3.8, 4) is 17.4 Å². The zero-order valence-corrected chi connectivity index (χ0v) is 14.0. The Morgan fingerprint density at radius 1 is 1.08 bits per heavy atom. The van der Waals surface area contributed by atoms with E-state index in [9.17, 15) is 8.42 Å². The first-order valence-electron chi connectivity index (χ1n) is 6.97. The van der Waals surface area contributed by atoms with Gasteiger partial charge in [0.15, 0.2) is 5.76 Å². The van der Waals surface area contributed by atoms with Gasteiger partial charge in [0, 0.05) is 6.92 Å². The second-order valence-corrected chi connectivity index (χ2v) is 6.67. The van der Waals surface area contributed by atoms with Gasteiger partial charge in [-0.2, -0.15) is 8.42 Å². The third-order valence-electron chi connectivity index (χ3n) is 3.18. The second kappa shape index (κ2) is 6.00. The van der Waals surface area contributed by atoms with Gasteiger partial charge in [-0.3, -0.25) is 4.72 Å². The molecular formula is C15H15N3O5S. The van der Waals surface area contributed by atoms with Crippen molar-refractivity contribution in [2.24, 2.45) is 0 Å². The Labute approximate surface area is 138 Å². The number of nitrogens with zero attached hydrogens (tertiary/aromatic N) is 2. The predicted molar refractivity (Wildman–Crippen MR) is 85.3 cm³/mol. The molecule has 9 heteroatoms. The van der Waals surface area contributed by atoms with E-state index in [1.807, 2.05) is 13.0 Å². The number of anilines is 1. The number of hydrogen-bond donors (Lipinski definition) is 1. The largest absolute Gasteiger partial charge is 0.495 e. The summed E-state index contributed by atoms with van der Waals surface area (Å²) in [6.45, 7) is 3.48. The number of ether oxygens (including phenoxy) is 1. The monoisotopic (exact) mass is 349 g/mol. The summed E-state index contributed by atoms with van der Waals surface area (Å²) in [4.78, 5) is 0. The van der Waals surface area contributed by atoms with Gasteiger partial charge in [-0.1, -0.05) is 6.07 Å². The molecule has 2 aromatic heterocycles. The number of rotatable bonds is 5. The van der Waals surface area contributed by atoms with E-state index in [1.165, 1.54) is 19.2 Å². The molecule has 0 saturated heterocycles. The fraction of sp³-hybridized carbons (Fsp3) is 0.200. The van der Waals surface area contributed by atoms with Crippen LogP contribution in [0.5, 0.6) is 5.75 Å². The van der Waals surface area contributed by atoms with E-state index < -0.39 is 10.0 Å². The van der Waals surface area contributed by atoms with Crippen molar-refractivity contribution in [3.63, 3.8) is 0 Å². The Bertz CT molecular complexity index is 975. The number of sulfonamides is 1. The number of methoxy groups -OCH3 is 1. The van der Waals surface area contributed by atoms with Crippen LogP contribution in [0.15, 0.2) is 44.3 Å². The molecule has 0 spiro atoms. The summed E-state index contributed by atoms with van der Waals surface area (Å²) in [7, 11) is -2.47. The summed E-state index contributed by atoms with van der Waals surface area (Å²) in [6, 6.07) is 7.94. The smallest absolute Gasteiger partial charge is 0.295 e. The minimum absolute atomic E-state index is 0.113. The lowest BCUT2D eigenvalue weighted by molar-refractivity contribution is 0.416. The van der Waals surface area contributed by atoms with Gasteiger partial charge >= 0.3 is 0 Å². The Morgan fingerprint density at radius 2 is 1.88 bits per heavy atom. The fourth-order valence-electron chi connectivity index (χ4n) is 2.07. The molecule has 0 aliphatic heterocycles. The molecule has 126 valence electrons. The summed E-state index contributed by atoms with van der Waals surface area (Å²) in [5.74, 6) is 1.05. The molecular weight excluding hydrogens is 334 g/mol. The van der Waals surface area contributed by atoms with E-state index in [1.54, 1.807) is 19.1 Å². The molecule has 0 atom stereocenters. The van der Waals surface area contributed by atoms with Gasteiger partial charge in [0.05, 0.1) is 12.8 Å². The fourth-order valence-corrected chi connectivity index (χ4v) is 3.07. The van der Waals surface area contributed by atoms with Crippen molar-refractivity contribution in [3.05, 3.63) is 41.8 Å². The summed E-state index contributed by atoms with van der Waals surface area (Å²) in [5, 5.41) is 7.20. The summed E-state index contributed by atoms with van der Waals surface area (Å²) >= 11 is 0. The number of aromatic nitrogens is 2. The maximum Gasteiger partial charge on any atom is 0.295 e. The van der Waals surface area contributed by atoms with Crippen LogP contribution < -0.4 is 9.46 Å². The van der Waals surface area contributed by atoms with Gasteiger partial charge in [-0.05, 0) is 36.8 Å². The Balaban J connectivity index is 1.92. The van der Waals surface area contributed by atoms with Crippen molar-refractivity contribution in [1.82, 2.24) is 10.2 Å². The van der Waals surface area contributed by atoms with Crippen molar-refractivity contribution in [2.75, 3.05) is 11.8 Å². The average Bonchev–Trinajstić information content (AvgIpc) is 3.16. The van der Waals surface area contributed by atoms with Crippen LogP contribution in [0.2, 0.25) is 0 Å². The molecule has 3 rings (SSSR count). The van der Waals surface area contributed by atoms with E-state index in [0.29, 0.717) is 17.3 Å². The summed E-state index contributed by atoms with van der Waals surface area (Å²) < 4.78 is 43.2. The maximum absolute atomic E-state index is 12.5. The van der Waals surface area contributed by atoms with Crippen molar-refractivity contribution < 1.29 is 22.0 Å². The van der Waals surface area contributed by atoms with Crippen LogP contribution in [0.1, 0.15) is 11.5 Å². The Morgan fingerprint density at radius 3 is 2.54 bits per heavy atom. The van der Waals surface area contributed by atoms with E-state index >= 15 is 0 Å². The SMILES string of the molecule is COc1ccc(C)cc1NS(=O)(=O)c1ccc(-c2nnc(C)o2)o1. The van der Waals surface area contributed by atoms with Gasteiger partial charge in [-0.25, -0.2) is 0 Å². The van der Waals surface area contributed by atoms with Gasteiger partial charge < -0.3 is 13.6 Å². The van der Waals surface area contributed by atoms with Crippen molar-refractivity contribution in [2.45, 2.75) is 18.9 Å². The highest BCUT2D eigenvalue weighted by Gasteiger charge is 2.22. The number of benzene rings is 1. The van der Waals surface area contributed by atoms with E-state index in [4.69, 9.17) is 13.6 Å². The third-order valence-corrected chi connectivity index (χ3v) is 4.42. The van der Waals surface area contributed by atoms with E-state index in [-0.39, 0.29) is 16.7 Å². The van der Waals surface area contributed by atoms with Crippen LogP contribution in [-0.4, -0.2) is 25.7 Å². The highest BCUT2D eigenvalue weighted by molar-refractivity contribution is 7.92. The molecule has 0 unspecified atom stereocenters. The second-order valence-electron chi connectivity index (χ2n) is 5.05. The number of furan rings is 1. The first-order valence-corrected chi connectivity index (χ1v) is 8.45. The molecule has 0 fully saturated rings. The van der Waals surface area contributed by atoms with Crippen LogP contribution in [0.4, 0.5) is 5.69 Å². The number of aryl methyl sites for hydroxylation is 2. The zero-order valence-electron chi connectivity index (χ0n) is 13.2. The minimum Gasteiger partial charge on any atom is -0.495 e. The first-order chi connectivity index (χ1) is 11.4. The standard InChI is InChI=1S/C15H15N3O5S/c1-9-4-5-12(21-3)11(8-9)18-24(19,20)14-7-6-13(23-14)15-17-16-10(2)22-15/h4-8,18H,1-3H3. The number of nitrogens with one attached hydrogen (secondary N) is 1. The zero-order chi connectivity index (χ0) is 17.3. The van der Waals surface area contributed by atoms with Crippen LogP contribution in [0.3, 0.4) is 0 Å². The first kappa shape index (κ1) is 16.1. The highest BCUT2D eigenvalue weighted by Crippen LogP contribution is 2.29. The average molecular weight is 349 g/mol. The van der Waals surface area contributed by atoms with Crippen LogP contribution in [0.25, 0.3) is 11.7 Å². The lowest BCUT2D eigenvalue weighted by Crippen LogP contribution is -2.13. The lowest BCUT2D eigenvalue weighted by atomic mass is 10.2. The van der Waals surface area contributed by atoms with Gasteiger partial charge in [-0.15, -0.1) is 10.2 Å². The number of hydrogen-bond acceptors (Lipinski definition) is 7. The molecule has 0 aliphatic rings. The molecule has 0 amide bonds. The quantitative estimate of drug-likeness (QED) is 0.754. The molecule has 3 aromatic rings. The molecule has 8 nitrogen and oxygen atoms in total. The van der Waals surface area contributed by atoms with Crippen molar-refractivity contribution >= 4 is 15.7 Å². The van der Waals surface area contributed by atoms with Gasteiger partial charge in [0.25, 0.3) is 15.9 Å². The van der Waals surface area contributed by atoms with Crippen LogP contribution in [-0.2, 0) is 10.0 Å². The molecule has 0 radical (unpaired) electrons. The molecule has 0 aliphatic carbocycles. The van der Waals surface area contributed by atoms with Crippen LogP contribution >= 0.6 is 0 Å². The Hall–Kier alpha value is -2.81. The highest BCUT2D eigenvalue weighted by atomic mass is 32.2. The van der Waals surface area contributed by atoms with Gasteiger partial charge in [0.2, 0.25) is 11.0 Å². The topological polar surface area (TPSA) is 107 Å². The van der Waals surface area contributed by atoms with E-state index in [2.05, 4.69) is 14.9 Å². The molecule has 0 saturated carbocycles. The molecule has 0 bridgehead atoms. The molecule has 24 heavy (non-hydrogen) atoms. The van der Waals surface area contributed by atoms with Crippen LogP contribution in [0, 0.1) is 13.8 Å². The van der Waals surface area contributed by atoms with E-state index in [0.717, 1.165) is 5.56 Å². The predicted octanol–water partition coefficient (Wildman–Crippen LogP) is 2.76. The van der Waals surface area contributed by atoms with Gasteiger partial charge in [0.1, 0.15) is 5.75 Å². The Kier molecular flexibility index (Phi) is 4.02. The maximum atomic E-state index is 12.5. The summed E-state index contributed by atoms with van der Waals surface area (Å²) in [6.07, 6.45) is 0. The third kappa shape index (κ3) is 3.11. The minimum atomic E-state index is -3.93. The van der Waals surface area contributed by atoms with Crippen molar-refractivity contribution in [1.29, 1.82) is 0 Å². The summed E-state index contributed by atoms with van der Waals surface area (Å²) in [5.41, 5.74) is 1.21. The molecule has 1 N–H and O–H groups in total.